The molecule has 0 aromatic rings. The lowest BCUT2D eigenvalue weighted by atomic mass is 10.1. The van der Waals surface area contributed by atoms with Gasteiger partial charge in [-0.25, -0.2) is 9.59 Å². The summed E-state index contributed by atoms with van der Waals surface area (Å²) in [7, 11) is 1.54. The molecule has 0 spiro atoms. The minimum Gasteiger partial charge on any atom is -0.455 e. The number of carbonyl (C=O) groups excluding carboxylic acids is 3. The summed E-state index contributed by atoms with van der Waals surface area (Å²) in [5.41, 5.74) is 0.132. The van der Waals surface area contributed by atoms with Gasteiger partial charge < -0.3 is 19.7 Å². The van der Waals surface area contributed by atoms with E-state index in [1.165, 1.54) is 11.9 Å². The average molecular weight is 383 g/mol. The monoisotopic (exact) mass is 382 g/mol. The summed E-state index contributed by atoms with van der Waals surface area (Å²) >= 11 is 0. The third-order valence-corrected chi connectivity index (χ3v) is 3.25. The molecule has 1 N–H and O–H groups in total. The molecule has 7 heteroatoms. The number of esters is 1. The number of amides is 2. The maximum atomic E-state index is 12.2. The van der Waals surface area contributed by atoms with Crippen LogP contribution in [0, 0.1) is 0 Å². The first-order valence-corrected chi connectivity index (χ1v) is 9.05. The van der Waals surface area contributed by atoms with Gasteiger partial charge >= 0.3 is 12.1 Å². The topological polar surface area (TPSA) is 84.9 Å². The Labute approximate surface area is 162 Å². The zero-order valence-electron chi connectivity index (χ0n) is 17.9. The molecule has 7 nitrogen and oxygen atoms in total. The molecular formula is C20H34N2O5. The fourth-order valence-corrected chi connectivity index (χ4v) is 2.03. The molecule has 1 saturated heterocycles. The van der Waals surface area contributed by atoms with Crippen molar-refractivity contribution in [2.75, 3.05) is 13.6 Å². The van der Waals surface area contributed by atoms with Gasteiger partial charge in [-0.05, 0) is 53.5 Å². The number of ether oxygens (including phenoxy) is 2. The number of rotatable bonds is 4. The first-order chi connectivity index (χ1) is 12.3. The summed E-state index contributed by atoms with van der Waals surface area (Å²) in [5.74, 6) is -0.490. The summed E-state index contributed by atoms with van der Waals surface area (Å²) in [6.45, 7) is 17.1. The highest BCUT2D eigenvalue weighted by Crippen LogP contribution is 2.25. The van der Waals surface area contributed by atoms with Crippen molar-refractivity contribution >= 4 is 18.0 Å². The fourth-order valence-electron chi connectivity index (χ4n) is 2.03. The van der Waals surface area contributed by atoms with Crippen molar-refractivity contribution < 1.29 is 23.9 Å². The molecule has 0 aromatic carbocycles. The number of allylic oxidation sites excluding steroid dienone is 2. The van der Waals surface area contributed by atoms with Crippen LogP contribution in [0.4, 0.5) is 4.79 Å². The Kier molecular flexibility index (Phi) is 9.27. The highest BCUT2D eigenvalue weighted by Gasteiger charge is 2.34. The number of likely N-dealkylation sites (tertiary alicyclic amines) is 1. The van der Waals surface area contributed by atoms with Gasteiger partial charge in [0.2, 0.25) is 5.91 Å². The number of hydrogen-bond acceptors (Lipinski definition) is 5. The Balaban J connectivity index is 0.000000636. The lowest BCUT2D eigenvalue weighted by molar-refractivity contribution is -0.156. The quantitative estimate of drug-likeness (QED) is 0.348. The van der Waals surface area contributed by atoms with E-state index in [0.717, 1.165) is 5.57 Å². The molecule has 27 heavy (non-hydrogen) atoms. The van der Waals surface area contributed by atoms with Crippen LogP contribution in [-0.2, 0) is 19.1 Å². The smallest absolute Gasteiger partial charge is 0.407 e. The highest BCUT2D eigenvalue weighted by molar-refractivity contribution is 5.97. The summed E-state index contributed by atoms with van der Waals surface area (Å²) in [6.07, 6.45) is 2.36. The largest absolute Gasteiger partial charge is 0.455 e. The van der Waals surface area contributed by atoms with Gasteiger partial charge in [0.25, 0.3) is 0 Å². The van der Waals surface area contributed by atoms with Crippen molar-refractivity contribution in [3.05, 3.63) is 23.9 Å². The Morgan fingerprint density at radius 2 is 1.67 bits per heavy atom. The lowest BCUT2D eigenvalue weighted by Crippen LogP contribution is -2.46. The Morgan fingerprint density at radius 3 is 1.89 bits per heavy atom. The molecule has 0 radical (unpaired) electrons. The van der Waals surface area contributed by atoms with Gasteiger partial charge in [0, 0.05) is 20.0 Å². The van der Waals surface area contributed by atoms with Gasteiger partial charge in [-0.2, -0.15) is 0 Å². The first-order valence-electron chi connectivity index (χ1n) is 9.05. The molecule has 0 aromatic heterocycles. The molecule has 0 aliphatic carbocycles. The van der Waals surface area contributed by atoms with E-state index in [4.69, 9.17) is 9.47 Å². The Hall–Kier alpha value is -2.31. The van der Waals surface area contributed by atoms with Crippen LogP contribution in [0.5, 0.6) is 0 Å². The molecule has 1 aliphatic heterocycles. The van der Waals surface area contributed by atoms with Gasteiger partial charge in [-0.3, -0.25) is 4.79 Å². The summed E-state index contributed by atoms with van der Waals surface area (Å²) in [4.78, 5) is 35.7. The van der Waals surface area contributed by atoms with E-state index in [2.05, 4.69) is 11.9 Å². The predicted octanol–water partition coefficient (Wildman–Crippen LogP) is 3.55. The van der Waals surface area contributed by atoms with E-state index in [0.29, 0.717) is 25.1 Å². The van der Waals surface area contributed by atoms with E-state index in [1.54, 1.807) is 26.8 Å². The van der Waals surface area contributed by atoms with E-state index < -0.39 is 11.6 Å². The highest BCUT2D eigenvalue weighted by atomic mass is 16.6. The zero-order valence-corrected chi connectivity index (χ0v) is 17.9. The van der Waals surface area contributed by atoms with Gasteiger partial charge in [-0.15, -0.1) is 0 Å². The first kappa shape index (κ1) is 24.7. The average Bonchev–Trinajstić information content (AvgIpc) is 2.50. The van der Waals surface area contributed by atoms with Crippen LogP contribution in [0.15, 0.2) is 23.9 Å². The second-order valence-corrected chi connectivity index (χ2v) is 7.98. The summed E-state index contributed by atoms with van der Waals surface area (Å²) in [5, 5.41) is 2.36. The number of β-lactam (4-membered cyclic amide) rings is 1. The minimum atomic E-state index is -0.573. The van der Waals surface area contributed by atoms with Gasteiger partial charge in [0.1, 0.15) is 16.9 Å². The molecule has 1 rings (SSSR count). The molecule has 2 amide bonds. The zero-order chi connectivity index (χ0) is 21.4. The molecule has 1 aliphatic rings. The van der Waals surface area contributed by atoms with Crippen molar-refractivity contribution in [3.63, 3.8) is 0 Å². The maximum absolute atomic E-state index is 12.2. The standard InChI is InChI=1S/C14H21NO3.C6H13NO2/c1-6-10(7-2)12(15-9-8-11(15)16)13(17)18-14(3,4)5;1-6(2,3)9-5(8)7-4/h6H,1,7-9H2,2-5H3;1-4H3,(H,7,8)/b12-10-;. The molecule has 0 saturated carbocycles. The lowest BCUT2D eigenvalue weighted by Gasteiger charge is -2.34. The van der Waals surface area contributed by atoms with Crippen molar-refractivity contribution in [1.29, 1.82) is 0 Å². The van der Waals surface area contributed by atoms with Crippen LogP contribution in [0.3, 0.4) is 0 Å². The fraction of sp³-hybridized carbons (Fsp3) is 0.650. The van der Waals surface area contributed by atoms with E-state index in [-0.39, 0.29) is 17.6 Å². The maximum Gasteiger partial charge on any atom is 0.407 e. The van der Waals surface area contributed by atoms with Crippen molar-refractivity contribution in [2.24, 2.45) is 0 Å². The van der Waals surface area contributed by atoms with Crippen molar-refractivity contribution in [3.8, 4) is 0 Å². The van der Waals surface area contributed by atoms with Crippen LogP contribution in [0.2, 0.25) is 0 Å². The number of nitrogens with one attached hydrogen (secondary N) is 1. The van der Waals surface area contributed by atoms with E-state index in [9.17, 15) is 14.4 Å². The summed E-state index contributed by atoms with van der Waals surface area (Å²) < 4.78 is 10.2. The normalized spacial score (nSPS) is 14.8. The van der Waals surface area contributed by atoms with Gasteiger partial charge in [0.05, 0.1) is 0 Å². The van der Waals surface area contributed by atoms with Crippen LogP contribution in [0.1, 0.15) is 61.3 Å². The number of alkyl carbamates (subject to hydrolysis) is 1. The Bertz CT molecular complexity index is 594. The molecular weight excluding hydrogens is 348 g/mol. The Morgan fingerprint density at radius 1 is 1.15 bits per heavy atom. The molecule has 0 atom stereocenters. The van der Waals surface area contributed by atoms with Gasteiger partial charge in [-0.1, -0.05) is 19.6 Å². The van der Waals surface area contributed by atoms with Crippen LogP contribution >= 0.6 is 0 Å². The molecule has 1 heterocycles. The van der Waals surface area contributed by atoms with Gasteiger partial charge in [0.15, 0.2) is 0 Å². The van der Waals surface area contributed by atoms with Crippen molar-refractivity contribution in [2.45, 2.75) is 72.5 Å². The second kappa shape index (κ2) is 10.1. The number of hydrogen-bond donors (Lipinski definition) is 1. The number of carbonyl (C=O) groups is 3. The second-order valence-electron chi connectivity index (χ2n) is 7.98. The molecule has 0 bridgehead atoms. The minimum absolute atomic E-state index is 0.0383. The predicted molar refractivity (Wildman–Crippen MR) is 105 cm³/mol. The van der Waals surface area contributed by atoms with E-state index in [1.807, 2.05) is 27.7 Å². The van der Waals surface area contributed by atoms with Crippen molar-refractivity contribution in [1.82, 2.24) is 10.2 Å². The third-order valence-electron chi connectivity index (χ3n) is 3.25. The molecule has 154 valence electrons. The molecule has 0 unspecified atom stereocenters. The SMILES string of the molecule is C=C/C(CC)=C(\C(=O)OC(C)(C)C)N1CCC1=O.CNC(=O)OC(C)(C)C. The van der Waals surface area contributed by atoms with E-state index >= 15 is 0 Å². The van der Waals surface area contributed by atoms with Crippen LogP contribution < -0.4 is 5.32 Å². The third kappa shape index (κ3) is 9.26. The van der Waals surface area contributed by atoms with Crippen LogP contribution in [0.25, 0.3) is 0 Å². The number of nitrogens with zero attached hydrogens (tertiary/aromatic N) is 1. The van der Waals surface area contributed by atoms with Crippen LogP contribution in [-0.4, -0.2) is 47.7 Å². The summed E-state index contributed by atoms with van der Waals surface area (Å²) in [6, 6.07) is 0. The molecule has 1 fully saturated rings.